The highest BCUT2D eigenvalue weighted by Gasteiger charge is 2.16. The maximum Gasteiger partial charge on any atom is 0.251 e. The summed E-state index contributed by atoms with van der Waals surface area (Å²) in [6.45, 7) is 2.06. The molecule has 5 heteroatoms. The van der Waals surface area contributed by atoms with E-state index < -0.39 is 0 Å². The molecule has 1 atom stereocenters. The second-order valence-electron chi connectivity index (χ2n) is 5.56. The van der Waals surface area contributed by atoms with Gasteiger partial charge in [-0.3, -0.25) is 4.79 Å². The molecule has 1 N–H and O–H groups in total. The van der Waals surface area contributed by atoms with Crippen LogP contribution in [0.1, 0.15) is 28.1 Å². The summed E-state index contributed by atoms with van der Waals surface area (Å²) >= 11 is 1.71. The highest BCUT2D eigenvalue weighted by Crippen LogP contribution is 2.16. The van der Waals surface area contributed by atoms with Gasteiger partial charge in [0.15, 0.2) is 0 Å². The van der Waals surface area contributed by atoms with Crippen molar-refractivity contribution in [1.82, 2.24) is 5.32 Å². The molecule has 3 rings (SSSR count). The van der Waals surface area contributed by atoms with E-state index in [2.05, 4.69) is 11.4 Å². The van der Waals surface area contributed by atoms with E-state index in [0.29, 0.717) is 18.7 Å². The predicted octanol–water partition coefficient (Wildman–Crippen LogP) is 3.28. The van der Waals surface area contributed by atoms with E-state index in [-0.39, 0.29) is 12.0 Å². The van der Waals surface area contributed by atoms with Gasteiger partial charge in [-0.15, -0.1) is 11.3 Å². The summed E-state index contributed by atoms with van der Waals surface area (Å²) in [6.07, 6.45) is 3.24. The molecule has 1 saturated heterocycles. The predicted molar refractivity (Wildman–Crippen MR) is 91.3 cm³/mol. The molecular weight excluding hydrogens is 310 g/mol. The number of amides is 1. The van der Waals surface area contributed by atoms with Gasteiger partial charge in [-0.1, -0.05) is 6.07 Å². The molecule has 1 amide bonds. The Labute approximate surface area is 140 Å². The third kappa shape index (κ3) is 4.81. The van der Waals surface area contributed by atoms with Crippen molar-refractivity contribution >= 4 is 17.2 Å². The molecule has 0 bridgehead atoms. The highest BCUT2D eigenvalue weighted by atomic mass is 32.1. The Balaban J connectivity index is 1.43. The number of carbonyl (C=O) groups is 1. The molecule has 4 nitrogen and oxygen atoms in total. The van der Waals surface area contributed by atoms with Crippen LogP contribution in [0.2, 0.25) is 0 Å². The molecule has 1 fully saturated rings. The van der Waals surface area contributed by atoms with Crippen LogP contribution >= 0.6 is 11.3 Å². The van der Waals surface area contributed by atoms with Gasteiger partial charge in [0, 0.05) is 23.6 Å². The van der Waals surface area contributed by atoms with Gasteiger partial charge in [0.2, 0.25) is 0 Å². The standard InChI is InChI=1S/C18H21NO3S/c20-18(19-10-9-17-4-2-12-23-17)14-5-7-15(8-6-14)22-13-16-3-1-11-21-16/h2,4-8,12,16H,1,3,9-11,13H2,(H,19,20)/t16-/m1/s1. The van der Waals surface area contributed by atoms with E-state index in [1.54, 1.807) is 23.5 Å². The van der Waals surface area contributed by atoms with Crippen molar-refractivity contribution in [2.45, 2.75) is 25.4 Å². The minimum Gasteiger partial charge on any atom is -0.491 e. The third-order valence-electron chi connectivity index (χ3n) is 3.81. The first-order chi connectivity index (χ1) is 11.3. The van der Waals surface area contributed by atoms with E-state index in [1.165, 1.54) is 4.88 Å². The maximum atomic E-state index is 12.1. The van der Waals surface area contributed by atoms with Crippen molar-refractivity contribution in [2.75, 3.05) is 19.8 Å². The van der Waals surface area contributed by atoms with Gasteiger partial charge in [-0.05, 0) is 55.0 Å². The first-order valence-electron chi connectivity index (χ1n) is 7.96. The molecular formula is C18H21NO3S. The molecule has 1 aromatic carbocycles. The Kier molecular flexibility index (Phi) is 5.66. The number of nitrogens with one attached hydrogen (secondary N) is 1. The minimum absolute atomic E-state index is 0.0489. The van der Waals surface area contributed by atoms with Crippen molar-refractivity contribution in [3.8, 4) is 5.75 Å². The van der Waals surface area contributed by atoms with Crippen LogP contribution in [-0.4, -0.2) is 31.8 Å². The number of thiophene rings is 1. The zero-order valence-corrected chi connectivity index (χ0v) is 13.8. The molecule has 0 aliphatic carbocycles. The fourth-order valence-corrected chi connectivity index (χ4v) is 3.23. The SMILES string of the molecule is O=C(NCCc1cccs1)c1ccc(OC[C@H]2CCCO2)cc1. The van der Waals surface area contributed by atoms with E-state index in [1.807, 2.05) is 23.6 Å². The molecule has 0 unspecified atom stereocenters. The molecule has 1 aliphatic rings. The van der Waals surface area contributed by atoms with Gasteiger partial charge < -0.3 is 14.8 Å². The quantitative estimate of drug-likeness (QED) is 0.847. The van der Waals surface area contributed by atoms with Crippen LogP contribution in [0.5, 0.6) is 5.75 Å². The second kappa shape index (κ2) is 8.13. The summed E-state index contributed by atoms with van der Waals surface area (Å²) in [6, 6.07) is 11.4. The van der Waals surface area contributed by atoms with Crippen LogP contribution in [0.25, 0.3) is 0 Å². The van der Waals surface area contributed by atoms with Crippen molar-refractivity contribution in [1.29, 1.82) is 0 Å². The topological polar surface area (TPSA) is 47.6 Å². The smallest absolute Gasteiger partial charge is 0.251 e. The van der Waals surface area contributed by atoms with Crippen molar-refractivity contribution in [3.63, 3.8) is 0 Å². The Bertz CT molecular complexity index is 604. The van der Waals surface area contributed by atoms with Crippen LogP contribution in [-0.2, 0) is 11.2 Å². The number of ether oxygens (including phenoxy) is 2. The Morgan fingerprint density at radius 2 is 2.17 bits per heavy atom. The molecule has 1 aromatic heterocycles. The van der Waals surface area contributed by atoms with Gasteiger partial charge in [-0.25, -0.2) is 0 Å². The molecule has 2 heterocycles. The first kappa shape index (κ1) is 16.0. The molecule has 1 aliphatic heterocycles. The van der Waals surface area contributed by atoms with Crippen LogP contribution in [0, 0.1) is 0 Å². The lowest BCUT2D eigenvalue weighted by molar-refractivity contribution is 0.0679. The summed E-state index contributed by atoms with van der Waals surface area (Å²) in [5.74, 6) is 0.725. The van der Waals surface area contributed by atoms with Crippen LogP contribution < -0.4 is 10.1 Å². The van der Waals surface area contributed by atoms with Gasteiger partial charge >= 0.3 is 0 Å². The summed E-state index contributed by atoms with van der Waals surface area (Å²) in [4.78, 5) is 13.4. The minimum atomic E-state index is -0.0489. The zero-order chi connectivity index (χ0) is 15.9. The van der Waals surface area contributed by atoms with E-state index in [0.717, 1.165) is 31.6 Å². The average Bonchev–Trinajstić information content (AvgIpc) is 3.27. The van der Waals surface area contributed by atoms with E-state index >= 15 is 0 Å². The van der Waals surface area contributed by atoms with Crippen LogP contribution in [0.4, 0.5) is 0 Å². The fourth-order valence-electron chi connectivity index (χ4n) is 2.52. The lowest BCUT2D eigenvalue weighted by Crippen LogP contribution is -2.25. The summed E-state index contributed by atoms with van der Waals surface area (Å²) in [7, 11) is 0. The Morgan fingerprint density at radius 3 is 2.87 bits per heavy atom. The number of benzene rings is 1. The number of carbonyl (C=O) groups excluding carboxylic acids is 1. The van der Waals surface area contributed by atoms with Gasteiger partial charge in [0.1, 0.15) is 12.4 Å². The fraction of sp³-hybridized carbons (Fsp3) is 0.389. The highest BCUT2D eigenvalue weighted by molar-refractivity contribution is 7.09. The van der Waals surface area contributed by atoms with Crippen LogP contribution in [0.3, 0.4) is 0 Å². The van der Waals surface area contributed by atoms with E-state index in [4.69, 9.17) is 9.47 Å². The Hall–Kier alpha value is -1.85. The third-order valence-corrected chi connectivity index (χ3v) is 4.75. The zero-order valence-electron chi connectivity index (χ0n) is 13.0. The molecule has 23 heavy (non-hydrogen) atoms. The molecule has 0 saturated carbocycles. The largest absolute Gasteiger partial charge is 0.491 e. The molecule has 0 spiro atoms. The van der Waals surface area contributed by atoms with Crippen molar-refractivity contribution in [2.24, 2.45) is 0 Å². The number of rotatable bonds is 7. The first-order valence-corrected chi connectivity index (χ1v) is 8.84. The number of hydrogen-bond donors (Lipinski definition) is 1. The normalized spacial score (nSPS) is 17.1. The maximum absolute atomic E-state index is 12.1. The van der Waals surface area contributed by atoms with Gasteiger partial charge in [0.05, 0.1) is 6.10 Å². The average molecular weight is 331 g/mol. The Morgan fingerprint density at radius 1 is 1.30 bits per heavy atom. The van der Waals surface area contributed by atoms with Crippen molar-refractivity contribution < 1.29 is 14.3 Å². The second-order valence-corrected chi connectivity index (χ2v) is 6.59. The van der Waals surface area contributed by atoms with Gasteiger partial charge in [0.25, 0.3) is 5.91 Å². The number of hydrogen-bond acceptors (Lipinski definition) is 4. The monoisotopic (exact) mass is 331 g/mol. The van der Waals surface area contributed by atoms with Crippen LogP contribution in [0.15, 0.2) is 41.8 Å². The lowest BCUT2D eigenvalue weighted by atomic mass is 10.2. The van der Waals surface area contributed by atoms with Gasteiger partial charge in [-0.2, -0.15) is 0 Å². The molecule has 0 radical (unpaired) electrons. The summed E-state index contributed by atoms with van der Waals surface area (Å²) in [5.41, 5.74) is 0.653. The van der Waals surface area contributed by atoms with E-state index in [9.17, 15) is 4.79 Å². The van der Waals surface area contributed by atoms with Crippen molar-refractivity contribution in [3.05, 3.63) is 52.2 Å². The molecule has 122 valence electrons. The summed E-state index contributed by atoms with van der Waals surface area (Å²) in [5, 5.41) is 4.99. The molecule has 2 aromatic rings. The summed E-state index contributed by atoms with van der Waals surface area (Å²) < 4.78 is 11.2. The lowest BCUT2D eigenvalue weighted by Gasteiger charge is -2.11.